The zero-order chi connectivity index (χ0) is 17.1. The molecule has 1 amide bonds. The van der Waals surface area contributed by atoms with Crippen molar-refractivity contribution in [3.63, 3.8) is 0 Å². The quantitative estimate of drug-likeness (QED) is 0.733. The molecule has 128 valence electrons. The first-order valence-electron chi connectivity index (χ1n) is 7.42. The highest BCUT2D eigenvalue weighted by molar-refractivity contribution is 7.09. The van der Waals surface area contributed by atoms with Gasteiger partial charge in [0.25, 0.3) is 5.91 Å². The van der Waals surface area contributed by atoms with Gasteiger partial charge in [0.15, 0.2) is 4.84 Å². The maximum absolute atomic E-state index is 11.8. The van der Waals surface area contributed by atoms with Crippen LogP contribution in [0.25, 0.3) is 0 Å². The number of rotatable bonds is 4. The van der Waals surface area contributed by atoms with Crippen LogP contribution in [0, 0.1) is 0 Å². The molecule has 1 aliphatic rings. The Morgan fingerprint density at radius 2 is 1.83 bits per heavy atom. The van der Waals surface area contributed by atoms with Gasteiger partial charge >= 0.3 is 0 Å². The molecule has 0 aliphatic carbocycles. The number of nitrogens with zero attached hydrogens (tertiary/aromatic N) is 4. The Kier molecular flexibility index (Phi) is 5.81. The number of hydrogen-bond acceptors (Lipinski definition) is 5. The van der Waals surface area contributed by atoms with Crippen LogP contribution >= 0.6 is 46.3 Å². The van der Waals surface area contributed by atoms with Crippen molar-refractivity contribution in [3.8, 4) is 0 Å². The van der Waals surface area contributed by atoms with Crippen LogP contribution in [0.5, 0.6) is 0 Å². The molecule has 1 aromatic carbocycles. The molecule has 0 bridgehead atoms. The van der Waals surface area contributed by atoms with Crippen LogP contribution in [-0.2, 0) is 11.2 Å². The smallest absolute Gasteiger partial charge is 0.255 e. The molecule has 3 rings (SSSR count). The van der Waals surface area contributed by atoms with Crippen LogP contribution in [0.3, 0.4) is 0 Å². The summed E-state index contributed by atoms with van der Waals surface area (Å²) in [5.74, 6) is 0.552. The summed E-state index contributed by atoms with van der Waals surface area (Å²) in [6.07, 6.45) is 0.673. The van der Waals surface area contributed by atoms with Crippen molar-refractivity contribution >= 4 is 57.4 Å². The van der Waals surface area contributed by atoms with E-state index in [2.05, 4.69) is 14.3 Å². The Bertz CT molecular complexity index is 699. The Morgan fingerprint density at radius 1 is 1.17 bits per heavy atom. The molecule has 2 heterocycles. The summed E-state index contributed by atoms with van der Waals surface area (Å²) in [5, 5.41) is 1.59. The van der Waals surface area contributed by atoms with Gasteiger partial charge in [0.1, 0.15) is 5.82 Å². The van der Waals surface area contributed by atoms with E-state index in [1.807, 2.05) is 24.3 Å². The monoisotopic (exact) mass is 404 g/mol. The summed E-state index contributed by atoms with van der Waals surface area (Å²) < 4.78 is 4.42. The highest BCUT2D eigenvalue weighted by Crippen LogP contribution is 2.21. The Labute approximate surface area is 159 Å². The number of piperazine rings is 1. The minimum atomic E-state index is -0.996. The number of carbonyl (C=O) groups excluding carboxylic acids is 1. The molecule has 24 heavy (non-hydrogen) atoms. The highest BCUT2D eigenvalue weighted by atomic mass is 35.5. The van der Waals surface area contributed by atoms with E-state index in [1.165, 1.54) is 11.5 Å². The van der Waals surface area contributed by atoms with E-state index in [1.54, 1.807) is 4.90 Å². The lowest BCUT2D eigenvalue weighted by Crippen LogP contribution is -2.50. The zero-order valence-corrected chi connectivity index (χ0v) is 15.7. The average molecular weight is 406 g/mol. The number of halogens is 3. The fourth-order valence-corrected chi connectivity index (χ4v) is 3.62. The summed E-state index contributed by atoms with van der Waals surface area (Å²) in [6.45, 7) is 2.56. The number of hydrogen-bond donors (Lipinski definition) is 0. The SMILES string of the molecule is O=C(C(Cl)Cl)N1CCN(c2nc(Cc3ccc(Cl)cc3)ns2)CC1. The van der Waals surface area contributed by atoms with Gasteiger partial charge in [-0.05, 0) is 17.7 Å². The van der Waals surface area contributed by atoms with E-state index in [-0.39, 0.29) is 5.91 Å². The maximum atomic E-state index is 11.8. The van der Waals surface area contributed by atoms with Gasteiger partial charge in [0.05, 0.1) is 0 Å². The summed E-state index contributed by atoms with van der Waals surface area (Å²) in [4.78, 5) is 19.2. The van der Waals surface area contributed by atoms with Crippen LogP contribution < -0.4 is 4.90 Å². The van der Waals surface area contributed by atoms with E-state index in [0.29, 0.717) is 37.6 Å². The van der Waals surface area contributed by atoms with Gasteiger partial charge in [-0.1, -0.05) is 46.9 Å². The molecule has 1 aromatic heterocycles. The second-order valence-corrected chi connectivity index (χ2v) is 7.67. The number of aromatic nitrogens is 2. The van der Waals surface area contributed by atoms with Crippen molar-refractivity contribution in [2.75, 3.05) is 31.1 Å². The summed E-state index contributed by atoms with van der Waals surface area (Å²) in [7, 11) is 0. The second kappa shape index (κ2) is 7.87. The number of anilines is 1. The van der Waals surface area contributed by atoms with Gasteiger partial charge in [-0.3, -0.25) is 4.79 Å². The van der Waals surface area contributed by atoms with Crippen LogP contribution in [0.2, 0.25) is 5.02 Å². The van der Waals surface area contributed by atoms with E-state index in [4.69, 9.17) is 34.8 Å². The van der Waals surface area contributed by atoms with E-state index in [0.717, 1.165) is 16.5 Å². The lowest BCUT2D eigenvalue weighted by Gasteiger charge is -2.34. The lowest BCUT2D eigenvalue weighted by atomic mass is 10.1. The van der Waals surface area contributed by atoms with Gasteiger partial charge in [-0.25, -0.2) is 4.98 Å². The van der Waals surface area contributed by atoms with E-state index < -0.39 is 4.84 Å². The third-order valence-corrected chi connectivity index (χ3v) is 5.22. The Morgan fingerprint density at radius 3 is 2.46 bits per heavy atom. The van der Waals surface area contributed by atoms with Crippen molar-refractivity contribution in [2.24, 2.45) is 0 Å². The van der Waals surface area contributed by atoms with Crippen LogP contribution in [-0.4, -0.2) is 51.2 Å². The van der Waals surface area contributed by atoms with Crippen LogP contribution in [0.15, 0.2) is 24.3 Å². The van der Waals surface area contributed by atoms with Gasteiger partial charge < -0.3 is 9.80 Å². The zero-order valence-electron chi connectivity index (χ0n) is 12.7. The van der Waals surface area contributed by atoms with Gasteiger partial charge in [-0.15, -0.1) is 0 Å². The maximum Gasteiger partial charge on any atom is 0.255 e. The third-order valence-electron chi connectivity index (χ3n) is 3.78. The Balaban J connectivity index is 1.58. The molecular formula is C15H15Cl3N4OS. The molecule has 1 fully saturated rings. The van der Waals surface area contributed by atoms with Crippen molar-refractivity contribution in [2.45, 2.75) is 11.3 Å². The minimum absolute atomic E-state index is 0.237. The fraction of sp³-hybridized carbons (Fsp3) is 0.400. The van der Waals surface area contributed by atoms with Gasteiger partial charge in [-0.2, -0.15) is 4.37 Å². The minimum Gasteiger partial charge on any atom is -0.343 e. The standard InChI is InChI=1S/C15H15Cl3N4OS/c16-11-3-1-10(2-4-11)9-12-19-15(24-20-12)22-7-5-21(6-8-22)14(23)13(17)18/h1-4,13H,5-9H2. The van der Waals surface area contributed by atoms with E-state index in [9.17, 15) is 4.79 Å². The first-order valence-corrected chi connectivity index (χ1v) is 9.44. The van der Waals surface area contributed by atoms with Gasteiger partial charge in [0, 0.05) is 49.2 Å². The Hall–Kier alpha value is -1.08. The number of amides is 1. The normalized spacial score (nSPS) is 15.2. The molecule has 0 radical (unpaired) electrons. The number of benzene rings is 1. The van der Waals surface area contributed by atoms with Crippen molar-refractivity contribution in [1.82, 2.24) is 14.3 Å². The first-order chi connectivity index (χ1) is 11.5. The molecule has 1 aliphatic heterocycles. The number of alkyl halides is 2. The van der Waals surface area contributed by atoms with Crippen LogP contribution in [0.4, 0.5) is 5.13 Å². The average Bonchev–Trinajstić information content (AvgIpc) is 3.05. The first kappa shape index (κ1) is 17.7. The summed E-state index contributed by atoms with van der Waals surface area (Å²) >= 11 is 18.5. The molecule has 9 heteroatoms. The molecule has 0 saturated carbocycles. The second-order valence-electron chi connectivity index (χ2n) is 5.41. The molecule has 0 spiro atoms. The number of carbonyl (C=O) groups is 1. The predicted molar refractivity (Wildman–Crippen MR) is 98.5 cm³/mol. The highest BCUT2D eigenvalue weighted by Gasteiger charge is 2.26. The van der Waals surface area contributed by atoms with Crippen molar-refractivity contribution in [3.05, 3.63) is 40.7 Å². The molecular weight excluding hydrogens is 391 g/mol. The molecule has 0 atom stereocenters. The molecule has 2 aromatic rings. The van der Waals surface area contributed by atoms with Gasteiger partial charge in [0.2, 0.25) is 5.13 Å². The van der Waals surface area contributed by atoms with Crippen molar-refractivity contribution in [1.29, 1.82) is 0 Å². The molecule has 5 nitrogen and oxygen atoms in total. The fourth-order valence-electron chi connectivity index (χ4n) is 2.49. The lowest BCUT2D eigenvalue weighted by molar-refractivity contribution is -0.129. The third kappa shape index (κ3) is 4.30. The largest absolute Gasteiger partial charge is 0.343 e. The van der Waals surface area contributed by atoms with E-state index >= 15 is 0 Å². The van der Waals surface area contributed by atoms with Crippen LogP contribution in [0.1, 0.15) is 11.4 Å². The molecule has 1 saturated heterocycles. The topological polar surface area (TPSA) is 49.3 Å². The van der Waals surface area contributed by atoms with Crippen molar-refractivity contribution < 1.29 is 4.79 Å². The molecule has 0 N–H and O–H groups in total. The predicted octanol–water partition coefficient (Wildman–Crippen LogP) is 3.23. The summed E-state index contributed by atoms with van der Waals surface area (Å²) in [5.41, 5.74) is 1.12. The molecule has 0 unspecified atom stereocenters. The summed E-state index contributed by atoms with van der Waals surface area (Å²) in [6, 6.07) is 7.67.